The zero-order chi connectivity index (χ0) is 14.4. The Kier molecular flexibility index (Phi) is 6.32. The van der Waals surface area contributed by atoms with Crippen LogP contribution in [0.3, 0.4) is 0 Å². The SMILES string of the molecule is COc1cc(C)c(CN(C)CCCCO)c(C)c1C. The van der Waals surface area contributed by atoms with Gasteiger partial charge in [-0.05, 0) is 75.5 Å². The Hall–Kier alpha value is -1.06. The zero-order valence-electron chi connectivity index (χ0n) is 12.9. The second-order valence-corrected chi connectivity index (χ2v) is 5.29. The van der Waals surface area contributed by atoms with Gasteiger partial charge in [-0.2, -0.15) is 0 Å². The summed E-state index contributed by atoms with van der Waals surface area (Å²) in [6.07, 6.45) is 1.92. The molecule has 0 saturated heterocycles. The van der Waals surface area contributed by atoms with E-state index in [1.807, 2.05) is 0 Å². The van der Waals surface area contributed by atoms with Gasteiger partial charge in [0.2, 0.25) is 0 Å². The van der Waals surface area contributed by atoms with Gasteiger partial charge in [-0.3, -0.25) is 0 Å². The fourth-order valence-corrected chi connectivity index (χ4v) is 2.40. The highest BCUT2D eigenvalue weighted by Gasteiger charge is 2.12. The predicted molar refractivity (Wildman–Crippen MR) is 79.9 cm³/mol. The van der Waals surface area contributed by atoms with E-state index in [0.29, 0.717) is 0 Å². The Morgan fingerprint density at radius 3 is 2.42 bits per heavy atom. The van der Waals surface area contributed by atoms with Gasteiger partial charge in [-0.1, -0.05) is 0 Å². The highest BCUT2D eigenvalue weighted by molar-refractivity contribution is 5.48. The molecule has 0 aliphatic heterocycles. The molecular weight excluding hydrogens is 238 g/mol. The molecule has 3 nitrogen and oxygen atoms in total. The number of methoxy groups -OCH3 is 1. The maximum absolute atomic E-state index is 8.82. The third-order valence-electron chi connectivity index (χ3n) is 3.80. The minimum Gasteiger partial charge on any atom is -0.496 e. The molecule has 1 aromatic rings. The Morgan fingerprint density at radius 1 is 1.16 bits per heavy atom. The van der Waals surface area contributed by atoms with E-state index in [9.17, 15) is 0 Å². The summed E-state index contributed by atoms with van der Waals surface area (Å²) in [6.45, 7) is 8.68. The van der Waals surface area contributed by atoms with Crippen molar-refractivity contribution in [3.05, 3.63) is 28.3 Å². The Bertz CT molecular complexity index is 416. The monoisotopic (exact) mass is 265 g/mol. The molecule has 0 unspecified atom stereocenters. The van der Waals surface area contributed by atoms with Gasteiger partial charge in [-0.15, -0.1) is 0 Å². The molecule has 0 radical (unpaired) electrons. The molecule has 0 aliphatic rings. The molecule has 19 heavy (non-hydrogen) atoms. The van der Waals surface area contributed by atoms with E-state index < -0.39 is 0 Å². The van der Waals surface area contributed by atoms with Crippen molar-refractivity contribution >= 4 is 0 Å². The Balaban J connectivity index is 2.81. The number of nitrogens with zero attached hydrogens (tertiary/aromatic N) is 1. The molecule has 0 aromatic heterocycles. The third kappa shape index (κ3) is 4.22. The number of aliphatic hydroxyl groups excluding tert-OH is 1. The van der Waals surface area contributed by atoms with Gasteiger partial charge < -0.3 is 14.7 Å². The van der Waals surface area contributed by atoms with E-state index in [1.54, 1.807) is 7.11 Å². The van der Waals surface area contributed by atoms with Gasteiger partial charge >= 0.3 is 0 Å². The molecule has 0 saturated carbocycles. The minimum absolute atomic E-state index is 0.285. The molecular formula is C16H27NO2. The van der Waals surface area contributed by atoms with Gasteiger partial charge in [-0.25, -0.2) is 0 Å². The lowest BCUT2D eigenvalue weighted by Crippen LogP contribution is -2.21. The average Bonchev–Trinajstić information content (AvgIpc) is 2.39. The largest absolute Gasteiger partial charge is 0.496 e. The minimum atomic E-state index is 0.285. The van der Waals surface area contributed by atoms with Crippen LogP contribution >= 0.6 is 0 Å². The van der Waals surface area contributed by atoms with Crippen LogP contribution in [0.5, 0.6) is 5.75 Å². The van der Waals surface area contributed by atoms with E-state index in [1.165, 1.54) is 22.3 Å². The first-order valence-electron chi connectivity index (χ1n) is 6.94. The first-order chi connectivity index (χ1) is 9.01. The fraction of sp³-hybridized carbons (Fsp3) is 0.625. The topological polar surface area (TPSA) is 32.7 Å². The van der Waals surface area contributed by atoms with Crippen LogP contribution in [0.2, 0.25) is 0 Å². The highest BCUT2D eigenvalue weighted by Crippen LogP contribution is 2.28. The van der Waals surface area contributed by atoms with Crippen LogP contribution < -0.4 is 4.74 Å². The van der Waals surface area contributed by atoms with E-state index in [2.05, 4.69) is 38.8 Å². The smallest absolute Gasteiger partial charge is 0.122 e. The van der Waals surface area contributed by atoms with Crippen LogP contribution in [-0.2, 0) is 6.54 Å². The van der Waals surface area contributed by atoms with Crippen LogP contribution in [0.1, 0.15) is 35.1 Å². The van der Waals surface area contributed by atoms with Gasteiger partial charge in [0.15, 0.2) is 0 Å². The maximum Gasteiger partial charge on any atom is 0.122 e. The number of unbranched alkanes of at least 4 members (excludes halogenated alkanes) is 1. The first-order valence-corrected chi connectivity index (χ1v) is 6.94. The first kappa shape index (κ1) is 16.0. The van der Waals surface area contributed by atoms with Crippen molar-refractivity contribution in [1.29, 1.82) is 0 Å². The summed E-state index contributed by atoms with van der Waals surface area (Å²) >= 11 is 0. The molecule has 0 bridgehead atoms. The summed E-state index contributed by atoms with van der Waals surface area (Å²) in [5.74, 6) is 0.974. The van der Waals surface area contributed by atoms with E-state index in [0.717, 1.165) is 31.7 Å². The molecule has 108 valence electrons. The van der Waals surface area contributed by atoms with Gasteiger partial charge in [0, 0.05) is 13.2 Å². The van der Waals surface area contributed by atoms with Crippen molar-refractivity contribution in [2.24, 2.45) is 0 Å². The second kappa shape index (κ2) is 7.51. The molecule has 1 N–H and O–H groups in total. The number of hydrogen-bond acceptors (Lipinski definition) is 3. The third-order valence-corrected chi connectivity index (χ3v) is 3.80. The molecule has 0 spiro atoms. The summed E-state index contributed by atoms with van der Waals surface area (Å²) in [4.78, 5) is 2.32. The normalized spacial score (nSPS) is 11.1. The van der Waals surface area contributed by atoms with Crippen LogP contribution in [-0.4, -0.2) is 37.3 Å². The number of ether oxygens (including phenoxy) is 1. The van der Waals surface area contributed by atoms with E-state index >= 15 is 0 Å². The van der Waals surface area contributed by atoms with Crippen LogP contribution in [0.4, 0.5) is 0 Å². The molecule has 0 heterocycles. The predicted octanol–water partition coefficient (Wildman–Crippen LogP) is 2.82. The Labute approximate surface area is 117 Å². The van der Waals surface area contributed by atoms with Crippen molar-refractivity contribution in [1.82, 2.24) is 4.90 Å². The van der Waals surface area contributed by atoms with E-state index in [4.69, 9.17) is 9.84 Å². The maximum atomic E-state index is 8.82. The number of hydrogen-bond donors (Lipinski definition) is 1. The van der Waals surface area contributed by atoms with Crippen molar-refractivity contribution < 1.29 is 9.84 Å². The summed E-state index contributed by atoms with van der Waals surface area (Å²) in [5, 5.41) is 8.82. The molecule has 0 atom stereocenters. The van der Waals surface area contributed by atoms with Crippen molar-refractivity contribution in [2.45, 2.75) is 40.2 Å². The van der Waals surface area contributed by atoms with E-state index in [-0.39, 0.29) is 6.61 Å². The quantitative estimate of drug-likeness (QED) is 0.770. The lowest BCUT2D eigenvalue weighted by Gasteiger charge is -2.21. The van der Waals surface area contributed by atoms with Crippen LogP contribution in [0, 0.1) is 20.8 Å². The number of aliphatic hydroxyl groups is 1. The molecule has 0 amide bonds. The van der Waals surface area contributed by atoms with Crippen molar-refractivity contribution in [3.63, 3.8) is 0 Å². The number of rotatable bonds is 7. The average molecular weight is 265 g/mol. The highest BCUT2D eigenvalue weighted by atomic mass is 16.5. The Morgan fingerprint density at radius 2 is 1.84 bits per heavy atom. The lowest BCUT2D eigenvalue weighted by atomic mass is 9.97. The lowest BCUT2D eigenvalue weighted by molar-refractivity contribution is 0.260. The summed E-state index contributed by atoms with van der Waals surface area (Å²) < 4.78 is 5.40. The number of benzene rings is 1. The van der Waals surface area contributed by atoms with Gasteiger partial charge in [0.25, 0.3) is 0 Å². The molecule has 1 rings (SSSR count). The van der Waals surface area contributed by atoms with Crippen LogP contribution in [0.15, 0.2) is 6.07 Å². The molecule has 3 heteroatoms. The van der Waals surface area contributed by atoms with Gasteiger partial charge in [0.05, 0.1) is 7.11 Å². The standard InChI is InChI=1S/C16H27NO2/c1-12-10-16(19-5)14(3)13(2)15(12)11-17(4)8-6-7-9-18/h10,18H,6-9,11H2,1-5H3. The van der Waals surface area contributed by atoms with Gasteiger partial charge in [0.1, 0.15) is 5.75 Å². The molecule has 0 fully saturated rings. The molecule has 1 aromatic carbocycles. The summed E-state index contributed by atoms with van der Waals surface area (Å²) in [7, 11) is 3.86. The second-order valence-electron chi connectivity index (χ2n) is 5.29. The fourth-order valence-electron chi connectivity index (χ4n) is 2.40. The summed E-state index contributed by atoms with van der Waals surface area (Å²) in [6, 6.07) is 2.12. The summed E-state index contributed by atoms with van der Waals surface area (Å²) in [5.41, 5.74) is 5.23. The zero-order valence-corrected chi connectivity index (χ0v) is 12.9. The van der Waals surface area contributed by atoms with Crippen LogP contribution in [0.25, 0.3) is 0 Å². The van der Waals surface area contributed by atoms with Crippen molar-refractivity contribution in [2.75, 3.05) is 27.3 Å². The molecule has 0 aliphatic carbocycles. The number of aryl methyl sites for hydroxylation is 1. The van der Waals surface area contributed by atoms with Crippen molar-refractivity contribution in [3.8, 4) is 5.75 Å².